The van der Waals surface area contributed by atoms with E-state index in [0.29, 0.717) is 5.69 Å². The van der Waals surface area contributed by atoms with Crippen molar-refractivity contribution in [3.8, 4) is 5.75 Å². The van der Waals surface area contributed by atoms with E-state index < -0.39 is 53.5 Å². The smallest absolute Gasteiger partial charge is 0.318 e. The second kappa shape index (κ2) is 8.79. The Bertz CT molecular complexity index is 744. The predicted molar refractivity (Wildman–Crippen MR) is 92.9 cm³/mol. The minimum absolute atomic E-state index is 0.239. The number of anilines is 1. The van der Waals surface area contributed by atoms with Crippen LogP contribution in [0, 0.1) is 0 Å². The number of aliphatic hydroxyl groups excluding tert-OH is 3. The predicted octanol–water partition coefficient (Wildman–Crippen LogP) is -2.58. The molecule has 1 aliphatic heterocycles. The molecule has 152 valence electrons. The molecule has 1 saturated heterocycles. The Morgan fingerprint density at radius 2 is 1.81 bits per heavy atom. The summed E-state index contributed by atoms with van der Waals surface area (Å²) >= 11 is 0. The van der Waals surface area contributed by atoms with Gasteiger partial charge in [0.15, 0.2) is 0 Å². The minimum atomic E-state index is -4.04. The van der Waals surface area contributed by atoms with Gasteiger partial charge in [-0.25, -0.2) is 9.93 Å². The molecule has 8 N–H and O–H groups in total. The Kier molecular flexibility index (Phi) is 6.94. The highest BCUT2D eigenvalue weighted by atomic mass is 32.2. The van der Waals surface area contributed by atoms with Crippen LogP contribution in [-0.4, -0.2) is 74.1 Å². The molecule has 1 heterocycles. The standard InChI is InChI=1S/C14H22N4O8S/c1-16-14(22)18-7-2-4-8(5-3-7)25-13-12(21)11(20)10(19)9(26-13)6-17-27(15,23)24/h2-5,9-13,17,19-21H,6H2,1H3,(H2,15,23,24)(H2,16,18,22)/t9-,10-,11+,12+,13+/m1/s1. The molecule has 1 aromatic carbocycles. The number of urea groups is 1. The average Bonchev–Trinajstić information content (AvgIpc) is 2.61. The van der Waals surface area contributed by atoms with E-state index in [-0.39, 0.29) is 5.75 Å². The Morgan fingerprint density at radius 1 is 1.19 bits per heavy atom. The monoisotopic (exact) mass is 406 g/mol. The summed E-state index contributed by atoms with van der Waals surface area (Å²) in [4.78, 5) is 11.2. The number of hydrogen-bond acceptors (Lipinski definition) is 8. The van der Waals surface area contributed by atoms with Crippen molar-refractivity contribution in [3.63, 3.8) is 0 Å². The summed E-state index contributed by atoms with van der Waals surface area (Å²) in [6.07, 6.45) is -7.37. The first-order valence-electron chi connectivity index (χ1n) is 7.83. The molecule has 1 aromatic rings. The van der Waals surface area contributed by atoms with Crippen molar-refractivity contribution in [2.75, 3.05) is 18.9 Å². The number of carbonyl (C=O) groups excluding carboxylic acids is 1. The van der Waals surface area contributed by atoms with Crippen LogP contribution in [0.25, 0.3) is 0 Å². The Morgan fingerprint density at radius 3 is 2.37 bits per heavy atom. The molecule has 1 aliphatic rings. The minimum Gasteiger partial charge on any atom is -0.462 e. The quantitative estimate of drug-likeness (QED) is 0.268. The van der Waals surface area contributed by atoms with Crippen molar-refractivity contribution in [2.45, 2.75) is 30.7 Å². The third kappa shape index (κ3) is 6.00. The highest BCUT2D eigenvalue weighted by Crippen LogP contribution is 2.25. The van der Waals surface area contributed by atoms with Crippen molar-refractivity contribution in [1.82, 2.24) is 10.0 Å². The van der Waals surface area contributed by atoms with Gasteiger partial charge in [-0.1, -0.05) is 0 Å². The van der Waals surface area contributed by atoms with Crippen LogP contribution in [0.2, 0.25) is 0 Å². The van der Waals surface area contributed by atoms with E-state index in [4.69, 9.17) is 14.6 Å². The van der Waals surface area contributed by atoms with Gasteiger partial charge in [0.05, 0.1) is 0 Å². The summed E-state index contributed by atoms with van der Waals surface area (Å²) < 4.78 is 34.7. The first kappa shape index (κ1) is 21.3. The zero-order chi connectivity index (χ0) is 20.2. The van der Waals surface area contributed by atoms with E-state index in [1.54, 1.807) is 0 Å². The average molecular weight is 406 g/mol. The molecule has 0 aliphatic carbocycles. The summed E-state index contributed by atoms with van der Waals surface area (Å²) in [7, 11) is -2.57. The van der Waals surface area contributed by atoms with Crippen molar-refractivity contribution in [1.29, 1.82) is 0 Å². The molecular formula is C14H22N4O8S. The second-order valence-electron chi connectivity index (χ2n) is 5.75. The van der Waals surface area contributed by atoms with Gasteiger partial charge < -0.3 is 35.4 Å². The lowest BCUT2D eigenvalue weighted by Crippen LogP contribution is -2.61. The number of ether oxygens (including phenoxy) is 2. The number of hydrogen-bond donors (Lipinski definition) is 7. The third-order valence-corrected chi connectivity index (χ3v) is 4.31. The van der Waals surface area contributed by atoms with Crippen LogP contribution >= 0.6 is 0 Å². The molecule has 5 atom stereocenters. The summed E-state index contributed by atoms with van der Waals surface area (Å²) in [5.74, 6) is 0.239. The van der Waals surface area contributed by atoms with Gasteiger partial charge >= 0.3 is 6.03 Å². The van der Waals surface area contributed by atoms with Crippen LogP contribution in [0.15, 0.2) is 24.3 Å². The molecule has 0 bridgehead atoms. The summed E-state index contributed by atoms with van der Waals surface area (Å²) in [5, 5.41) is 39.7. The number of rotatable bonds is 6. The lowest BCUT2D eigenvalue weighted by molar-refractivity contribution is -0.270. The van der Waals surface area contributed by atoms with Crippen LogP contribution in [0.3, 0.4) is 0 Å². The van der Waals surface area contributed by atoms with E-state index in [2.05, 4.69) is 10.6 Å². The zero-order valence-electron chi connectivity index (χ0n) is 14.3. The van der Waals surface area contributed by atoms with Gasteiger partial charge in [-0.2, -0.15) is 13.1 Å². The molecule has 0 aromatic heterocycles. The molecule has 0 radical (unpaired) electrons. The van der Waals surface area contributed by atoms with Crippen LogP contribution in [0.5, 0.6) is 5.75 Å². The molecule has 2 rings (SSSR count). The lowest BCUT2D eigenvalue weighted by Gasteiger charge is -2.40. The summed E-state index contributed by atoms with van der Waals surface area (Å²) in [5.41, 5.74) is 0.484. The fourth-order valence-electron chi connectivity index (χ4n) is 2.33. The van der Waals surface area contributed by atoms with Gasteiger partial charge in [0.1, 0.15) is 30.2 Å². The molecule has 13 heteroatoms. The van der Waals surface area contributed by atoms with E-state index in [1.807, 2.05) is 4.72 Å². The molecule has 0 unspecified atom stereocenters. The van der Waals surface area contributed by atoms with Crippen molar-refractivity contribution in [3.05, 3.63) is 24.3 Å². The number of amides is 2. The van der Waals surface area contributed by atoms with E-state index in [9.17, 15) is 28.5 Å². The molecule has 12 nitrogen and oxygen atoms in total. The maximum atomic E-state index is 11.2. The highest BCUT2D eigenvalue weighted by molar-refractivity contribution is 7.87. The number of carbonyl (C=O) groups is 1. The highest BCUT2D eigenvalue weighted by Gasteiger charge is 2.45. The van der Waals surface area contributed by atoms with Gasteiger partial charge in [0.25, 0.3) is 10.2 Å². The van der Waals surface area contributed by atoms with E-state index in [0.717, 1.165) is 0 Å². The topological polar surface area (TPSA) is 192 Å². The number of nitrogens with one attached hydrogen (secondary N) is 3. The lowest BCUT2D eigenvalue weighted by atomic mass is 9.99. The third-order valence-electron chi connectivity index (χ3n) is 3.75. The summed E-state index contributed by atoms with van der Waals surface area (Å²) in [6, 6.07) is 5.63. The molecule has 0 spiro atoms. The fraction of sp³-hybridized carbons (Fsp3) is 0.500. The van der Waals surface area contributed by atoms with Crippen molar-refractivity contribution in [2.24, 2.45) is 5.14 Å². The number of nitrogens with two attached hydrogens (primary N) is 1. The largest absolute Gasteiger partial charge is 0.462 e. The van der Waals surface area contributed by atoms with Crippen LogP contribution in [0.4, 0.5) is 10.5 Å². The zero-order valence-corrected chi connectivity index (χ0v) is 15.1. The van der Waals surface area contributed by atoms with E-state index in [1.165, 1.54) is 31.3 Å². The van der Waals surface area contributed by atoms with Gasteiger partial charge in [-0.05, 0) is 24.3 Å². The molecule has 0 saturated carbocycles. The first-order chi connectivity index (χ1) is 12.6. The Balaban J connectivity index is 2.04. The number of aliphatic hydroxyl groups is 3. The second-order valence-corrected chi connectivity index (χ2v) is 7.13. The SMILES string of the molecule is CNC(=O)Nc1ccc(O[C@H]2O[C@H](CNS(N)(=O)=O)[C@@H](O)[C@H](O)[C@@H]2O)cc1. The van der Waals surface area contributed by atoms with E-state index >= 15 is 0 Å². The maximum Gasteiger partial charge on any atom is 0.318 e. The van der Waals surface area contributed by atoms with Gasteiger partial charge in [0, 0.05) is 19.3 Å². The summed E-state index contributed by atoms with van der Waals surface area (Å²) in [6.45, 7) is -0.432. The molecule has 1 fully saturated rings. The van der Waals surface area contributed by atoms with Crippen LogP contribution in [0.1, 0.15) is 0 Å². The molecule has 2 amide bonds. The van der Waals surface area contributed by atoms with Crippen molar-refractivity contribution < 1.29 is 38.0 Å². The molecular weight excluding hydrogens is 384 g/mol. The fourth-order valence-corrected chi connectivity index (χ4v) is 2.72. The Labute approximate surface area is 155 Å². The van der Waals surface area contributed by atoms with Gasteiger partial charge in [0.2, 0.25) is 6.29 Å². The van der Waals surface area contributed by atoms with Gasteiger partial charge in [-0.15, -0.1) is 0 Å². The van der Waals surface area contributed by atoms with Crippen molar-refractivity contribution >= 4 is 21.9 Å². The maximum absolute atomic E-state index is 11.2. The van der Waals surface area contributed by atoms with Crippen LogP contribution < -0.4 is 25.2 Å². The Hall–Kier alpha value is -2.00. The number of benzene rings is 1. The van der Waals surface area contributed by atoms with Gasteiger partial charge in [-0.3, -0.25) is 0 Å². The van der Waals surface area contributed by atoms with Crippen LogP contribution in [-0.2, 0) is 14.9 Å². The first-order valence-corrected chi connectivity index (χ1v) is 9.38. The normalized spacial score (nSPS) is 28.4. The molecule has 27 heavy (non-hydrogen) atoms.